The number of anilines is 2. The molecule has 142 valence electrons. The summed E-state index contributed by atoms with van der Waals surface area (Å²) in [7, 11) is 1.74. The summed E-state index contributed by atoms with van der Waals surface area (Å²) in [5, 5.41) is 6.76. The molecular formula is C20H24ClN5O. The molecule has 7 heteroatoms. The van der Waals surface area contributed by atoms with Gasteiger partial charge >= 0.3 is 0 Å². The number of hydrogen-bond donors (Lipinski definition) is 2. The van der Waals surface area contributed by atoms with Gasteiger partial charge in [-0.1, -0.05) is 35.9 Å². The molecule has 1 saturated heterocycles. The lowest BCUT2D eigenvalue weighted by Crippen LogP contribution is -2.53. The monoisotopic (exact) mass is 385 g/mol. The molecule has 1 amide bonds. The van der Waals surface area contributed by atoms with Gasteiger partial charge in [0.25, 0.3) is 0 Å². The Bertz CT molecular complexity index is 788. The largest absolute Gasteiger partial charge is 0.368 e. The maximum atomic E-state index is 12.1. The minimum Gasteiger partial charge on any atom is -0.368 e. The van der Waals surface area contributed by atoms with Crippen molar-refractivity contribution in [3.63, 3.8) is 0 Å². The van der Waals surface area contributed by atoms with E-state index >= 15 is 0 Å². The first-order valence-electron chi connectivity index (χ1n) is 8.97. The molecule has 0 atom stereocenters. The number of guanidine groups is 1. The number of halogens is 1. The molecule has 0 spiro atoms. The van der Waals surface area contributed by atoms with E-state index in [-0.39, 0.29) is 12.5 Å². The average Bonchev–Trinajstić information content (AvgIpc) is 2.70. The number of carbonyl (C=O) groups is 1. The van der Waals surface area contributed by atoms with Crippen LogP contribution in [0.4, 0.5) is 11.4 Å². The van der Waals surface area contributed by atoms with Crippen LogP contribution in [0.3, 0.4) is 0 Å². The number of hydrogen-bond acceptors (Lipinski definition) is 3. The molecule has 2 N–H and O–H groups in total. The topological polar surface area (TPSA) is 60.0 Å². The number of aliphatic imine (C=N–C) groups is 1. The van der Waals surface area contributed by atoms with E-state index in [4.69, 9.17) is 11.6 Å². The van der Waals surface area contributed by atoms with Crippen molar-refractivity contribution in [2.75, 3.05) is 50.0 Å². The molecule has 0 aromatic heterocycles. The maximum absolute atomic E-state index is 12.1. The van der Waals surface area contributed by atoms with Crippen LogP contribution in [0.1, 0.15) is 0 Å². The first-order valence-corrected chi connectivity index (χ1v) is 9.34. The Labute approximate surface area is 164 Å². The highest BCUT2D eigenvalue weighted by Crippen LogP contribution is 2.20. The van der Waals surface area contributed by atoms with Crippen LogP contribution >= 0.6 is 11.6 Å². The molecule has 1 aliphatic rings. The fraction of sp³-hybridized carbons (Fsp3) is 0.300. The van der Waals surface area contributed by atoms with Crippen LogP contribution < -0.4 is 15.5 Å². The summed E-state index contributed by atoms with van der Waals surface area (Å²) in [6, 6.07) is 17.3. The van der Waals surface area contributed by atoms with E-state index in [1.807, 2.05) is 48.5 Å². The van der Waals surface area contributed by atoms with E-state index in [0.717, 1.165) is 48.5 Å². The van der Waals surface area contributed by atoms with Crippen LogP contribution in [0.15, 0.2) is 59.6 Å². The van der Waals surface area contributed by atoms with E-state index in [1.165, 1.54) is 0 Å². The highest BCUT2D eigenvalue weighted by Gasteiger charge is 2.20. The second-order valence-corrected chi connectivity index (χ2v) is 6.71. The molecule has 0 aliphatic carbocycles. The lowest BCUT2D eigenvalue weighted by atomic mass is 10.2. The number of carbonyl (C=O) groups excluding carboxylic acids is 1. The highest BCUT2D eigenvalue weighted by molar-refractivity contribution is 6.30. The van der Waals surface area contributed by atoms with Crippen LogP contribution in [0.2, 0.25) is 5.02 Å². The number of amides is 1. The molecule has 0 bridgehead atoms. The quantitative estimate of drug-likeness (QED) is 0.627. The Kier molecular flexibility index (Phi) is 6.54. The van der Waals surface area contributed by atoms with Gasteiger partial charge in [-0.3, -0.25) is 9.79 Å². The Morgan fingerprint density at radius 3 is 2.48 bits per heavy atom. The van der Waals surface area contributed by atoms with Crippen molar-refractivity contribution in [3.8, 4) is 0 Å². The molecule has 1 fully saturated rings. The van der Waals surface area contributed by atoms with Crippen molar-refractivity contribution in [1.82, 2.24) is 10.2 Å². The third-order valence-electron chi connectivity index (χ3n) is 4.43. The van der Waals surface area contributed by atoms with Gasteiger partial charge in [0.05, 0.1) is 6.54 Å². The van der Waals surface area contributed by atoms with Crippen molar-refractivity contribution in [3.05, 3.63) is 59.6 Å². The minimum atomic E-state index is -0.0973. The van der Waals surface area contributed by atoms with Gasteiger partial charge in [0.15, 0.2) is 5.96 Å². The molecule has 0 saturated carbocycles. The normalized spacial score (nSPS) is 14.8. The molecule has 3 rings (SSSR count). The zero-order valence-electron chi connectivity index (χ0n) is 15.4. The second kappa shape index (κ2) is 9.28. The first kappa shape index (κ1) is 19.0. The predicted octanol–water partition coefficient (Wildman–Crippen LogP) is 2.68. The fourth-order valence-electron chi connectivity index (χ4n) is 3.07. The molecule has 2 aromatic rings. The van der Waals surface area contributed by atoms with Gasteiger partial charge in [0.1, 0.15) is 0 Å². The van der Waals surface area contributed by atoms with Gasteiger partial charge in [-0.2, -0.15) is 0 Å². The lowest BCUT2D eigenvalue weighted by molar-refractivity contribution is -0.115. The van der Waals surface area contributed by atoms with Gasteiger partial charge in [0.2, 0.25) is 5.91 Å². The molecule has 1 aliphatic heterocycles. The van der Waals surface area contributed by atoms with Crippen molar-refractivity contribution in [2.24, 2.45) is 4.99 Å². The number of benzene rings is 2. The van der Waals surface area contributed by atoms with Gasteiger partial charge in [-0.15, -0.1) is 0 Å². The fourth-order valence-corrected chi connectivity index (χ4v) is 3.25. The summed E-state index contributed by atoms with van der Waals surface area (Å²) in [5.41, 5.74) is 1.92. The average molecular weight is 386 g/mol. The van der Waals surface area contributed by atoms with Gasteiger partial charge in [0, 0.05) is 49.6 Å². The van der Waals surface area contributed by atoms with E-state index in [2.05, 4.69) is 31.5 Å². The van der Waals surface area contributed by atoms with Crippen LogP contribution in [-0.4, -0.2) is 56.5 Å². The zero-order valence-corrected chi connectivity index (χ0v) is 16.1. The van der Waals surface area contributed by atoms with Crippen LogP contribution in [0, 0.1) is 0 Å². The molecule has 27 heavy (non-hydrogen) atoms. The third-order valence-corrected chi connectivity index (χ3v) is 4.66. The summed E-state index contributed by atoms with van der Waals surface area (Å²) < 4.78 is 0. The van der Waals surface area contributed by atoms with Crippen LogP contribution in [-0.2, 0) is 4.79 Å². The van der Waals surface area contributed by atoms with Crippen molar-refractivity contribution in [1.29, 1.82) is 0 Å². The number of rotatable bonds is 4. The van der Waals surface area contributed by atoms with E-state index < -0.39 is 0 Å². The smallest absolute Gasteiger partial charge is 0.243 e. The van der Waals surface area contributed by atoms with E-state index in [1.54, 1.807) is 7.05 Å². The number of para-hydroxylation sites is 1. The Morgan fingerprint density at radius 1 is 1.07 bits per heavy atom. The molecule has 6 nitrogen and oxygen atoms in total. The number of nitrogens with one attached hydrogen (secondary N) is 2. The van der Waals surface area contributed by atoms with Crippen LogP contribution in [0.25, 0.3) is 0 Å². The number of piperazine rings is 1. The summed E-state index contributed by atoms with van der Waals surface area (Å²) >= 11 is 6.09. The van der Waals surface area contributed by atoms with Gasteiger partial charge in [-0.05, 0) is 30.3 Å². The molecule has 1 heterocycles. The van der Waals surface area contributed by atoms with E-state index in [0.29, 0.717) is 0 Å². The Hall–Kier alpha value is -2.73. The third kappa shape index (κ3) is 5.37. The van der Waals surface area contributed by atoms with Gasteiger partial charge in [-0.25, -0.2) is 0 Å². The minimum absolute atomic E-state index is 0.0973. The van der Waals surface area contributed by atoms with Crippen molar-refractivity contribution < 1.29 is 4.79 Å². The Balaban J connectivity index is 1.48. The second-order valence-electron chi connectivity index (χ2n) is 6.27. The van der Waals surface area contributed by atoms with Crippen molar-refractivity contribution in [2.45, 2.75) is 0 Å². The molecule has 2 aromatic carbocycles. The van der Waals surface area contributed by atoms with Gasteiger partial charge < -0.3 is 20.4 Å². The predicted molar refractivity (Wildman–Crippen MR) is 112 cm³/mol. The summed E-state index contributed by atoms with van der Waals surface area (Å²) in [6.07, 6.45) is 0. The zero-order chi connectivity index (χ0) is 19.1. The molecule has 0 radical (unpaired) electrons. The summed E-state index contributed by atoms with van der Waals surface area (Å²) in [6.45, 7) is 3.57. The van der Waals surface area contributed by atoms with Crippen LogP contribution in [0.5, 0.6) is 0 Å². The number of nitrogens with zero attached hydrogens (tertiary/aromatic N) is 3. The van der Waals surface area contributed by atoms with Crippen molar-refractivity contribution >= 4 is 34.8 Å². The highest BCUT2D eigenvalue weighted by atomic mass is 35.5. The lowest BCUT2D eigenvalue weighted by Gasteiger charge is -2.37. The maximum Gasteiger partial charge on any atom is 0.243 e. The SMILES string of the molecule is CN=C(NCC(=O)Nc1ccccc1)N1CCN(c2cccc(Cl)c2)CC1. The summed E-state index contributed by atoms with van der Waals surface area (Å²) in [4.78, 5) is 20.9. The standard InChI is InChI=1S/C20H24ClN5O/c1-22-20(23-15-19(27)24-17-7-3-2-4-8-17)26-12-10-25(11-13-26)18-9-5-6-16(21)14-18/h2-9,14H,10-13,15H2,1H3,(H,22,23)(H,24,27). The Morgan fingerprint density at radius 2 is 1.81 bits per heavy atom. The summed E-state index contributed by atoms with van der Waals surface area (Å²) in [5.74, 6) is 0.642. The first-order chi connectivity index (χ1) is 13.2. The molecule has 0 unspecified atom stereocenters. The van der Waals surface area contributed by atoms with E-state index in [9.17, 15) is 4.79 Å². The molecular weight excluding hydrogens is 362 g/mol.